The summed E-state index contributed by atoms with van der Waals surface area (Å²) >= 11 is 0. The highest BCUT2D eigenvalue weighted by atomic mass is 16.5. The van der Waals surface area contributed by atoms with Gasteiger partial charge in [-0.1, -0.05) is 6.07 Å². The number of hydrogen-bond donors (Lipinski definition) is 1. The summed E-state index contributed by atoms with van der Waals surface area (Å²) in [5.74, 6) is 0. The summed E-state index contributed by atoms with van der Waals surface area (Å²) in [6.45, 7) is 2.19. The van der Waals surface area contributed by atoms with Gasteiger partial charge in [0.15, 0.2) is 12.0 Å². The van der Waals surface area contributed by atoms with Crippen LogP contribution in [0.3, 0.4) is 0 Å². The molecule has 0 spiro atoms. The normalized spacial score (nSPS) is 18.6. The summed E-state index contributed by atoms with van der Waals surface area (Å²) < 4.78 is 10.5. The van der Waals surface area contributed by atoms with Gasteiger partial charge >= 0.3 is 0 Å². The van der Waals surface area contributed by atoms with E-state index in [1.54, 1.807) is 0 Å². The predicted octanol–water partition coefficient (Wildman–Crippen LogP) is 1.35. The standard InChI is InChI=1S/C12H14N2O2/c13-5-12(6-15-7-12)4-9-1-2-10-11(3-9)16-8-14-10/h1-3,8H,4-7,13H2. The van der Waals surface area contributed by atoms with Gasteiger partial charge in [0.05, 0.1) is 13.2 Å². The number of hydrogen-bond acceptors (Lipinski definition) is 4. The molecule has 2 heterocycles. The first kappa shape index (κ1) is 9.81. The number of nitrogens with two attached hydrogens (primary N) is 1. The summed E-state index contributed by atoms with van der Waals surface area (Å²) in [7, 11) is 0. The Morgan fingerprint density at radius 3 is 2.94 bits per heavy atom. The first-order valence-electron chi connectivity index (χ1n) is 5.41. The van der Waals surface area contributed by atoms with Gasteiger partial charge in [-0.3, -0.25) is 0 Å². The maximum absolute atomic E-state index is 5.79. The molecule has 0 aliphatic carbocycles. The molecule has 1 aliphatic heterocycles. The average molecular weight is 218 g/mol. The molecule has 84 valence electrons. The quantitative estimate of drug-likeness (QED) is 0.844. The van der Waals surface area contributed by atoms with Crippen molar-refractivity contribution in [1.82, 2.24) is 4.98 Å². The number of rotatable bonds is 3. The lowest BCUT2D eigenvalue weighted by molar-refractivity contribution is -0.106. The third kappa shape index (κ3) is 1.50. The van der Waals surface area contributed by atoms with Crippen LogP contribution in [0.4, 0.5) is 0 Å². The van der Waals surface area contributed by atoms with Crippen LogP contribution in [0.25, 0.3) is 11.1 Å². The van der Waals surface area contributed by atoms with Crippen molar-refractivity contribution in [2.75, 3.05) is 19.8 Å². The molecular weight excluding hydrogens is 204 g/mol. The average Bonchev–Trinajstić information content (AvgIpc) is 2.70. The Morgan fingerprint density at radius 2 is 2.25 bits per heavy atom. The van der Waals surface area contributed by atoms with E-state index in [2.05, 4.69) is 11.1 Å². The Hall–Kier alpha value is -1.39. The zero-order chi connectivity index (χ0) is 11.0. The summed E-state index contributed by atoms with van der Waals surface area (Å²) in [6.07, 6.45) is 2.42. The summed E-state index contributed by atoms with van der Waals surface area (Å²) in [6, 6.07) is 6.11. The molecule has 1 aliphatic rings. The second kappa shape index (κ2) is 3.57. The molecule has 1 fully saturated rings. The maximum Gasteiger partial charge on any atom is 0.181 e. The lowest BCUT2D eigenvalue weighted by Crippen LogP contribution is -2.49. The van der Waals surface area contributed by atoms with E-state index in [0.29, 0.717) is 6.54 Å². The van der Waals surface area contributed by atoms with Crippen molar-refractivity contribution in [3.63, 3.8) is 0 Å². The molecule has 4 nitrogen and oxygen atoms in total. The van der Waals surface area contributed by atoms with Crippen LogP contribution in [-0.4, -0.2) is 24.7 Å². The molecule has 0 atom stereocenters. The van der Waals surface area contributed by atoms with Gasteiger partial charge in [-0.25, -0.2) is 4.98 Å². The van der Waals surface area contributed by atoms with Gasteiger partial charge in [-0.2, -0.15) is 0 Å². The van der Waals surface area contributed by atoms with Crippen molar-refractivity contribution in [2.24, 2.45) is 11.1 Å². The summed E-state index contributed by atoms with van der Waals surface area (Å²) in [4.78, 5) is 4.09. The highest BCUT2D eigenvalue weighted by molar-refractivity contribution is 5.72. The number of aromatic nitrogens is 1. The van der Waals surface area contributed by atoms with Crippen LogP contribution in [0.5, 0.6) is 0 Å². The Balaban J connectivity index is 1.88. The summed E-state index contributed by atoms with van der Waals surface area (Å²) in [5.41, 5.74) is 8.90. The van der Waals surface area contributed by atoms with Crippen molar-refractivity contribution >= 4 is 11.1 Å². The van der Waals surface area contributed by atoms with Gasteiger partial charge in [0.25, 0.3) is 0 Å². The van der Waals surface area contributed by atoms with Crippen molar-refractivity contribution in [3.8, 4) is 0 Å². The van der Waals surface area contributed by atoms with Gasteiger partial charge < -0.3 is 14.9 Å². The van der Waals surface area contributed by atoms with Crippen molar-refractivity contribution in [1.29, 1.82) is 0 Å². The Labute approximate surface area is 93.4 Å². The number of fused-ring (bicyclic) bond motifs is 1. The molecular formula is C12H14N2O2. The molecule has 2 aromatic rings. The van der Waals surface area contributed by atoms with E-state index in [4.69, 9.17) is 14.9 Å². The second-order valence-electron chi connectivity index (χ2n) is 4.53. The maximum atomic E-state index is 5.79. The van der Waals surface area contributed by atoms with Gasteiger partial charge in [-0.15, -0.1) is 0 Å². The van der Waals surface area contributed by atoms with Crippen molar-refractivity contribution < 1.29 is 9.15 Å². The van der Waals surface area contributed by atoms with Crippen LogP contribution in [0, 0.1) is 5.41 Å². The van der Waals surface area contributed by atoms with E-state index >= 15 is 0 Å². The number of ether oxygens (including phenoxy) is 1. The Bertz CT molecular complexity index is 497. The van der Waals surface area contributed by atoms with Crippen LogP contribution in [-0.2, 0) is 11.2 Å². The highest BCUT2D eigenvalue weighted by Gasteiger charge is 2.37. The zero-order valence-electron chi connectivity index (χ0n) is 8.98. The van der Waals surface area contributed by atoms with Gasteiger partial charge in [-0.05, 0) is 24.1 Å². The van der Waals surface area contributed by atoms with Gasteiger partial charge in [0, 0.05) is 12.0 Å². The molecule has 0 unspecified atom stereocenters. The minimum Gasteiger partial charge on any atom is -0.443 e. The molecule has 0 radical (unpaired) electrons. The SMILES string of the molecule is NCC1(Cc2ccc3ncoc3c2)COC1. The van der Waals surface area contributed by atoms with Crippen molar-refractivity contribution in [2.45, 2.75) is 6.42 Å². The monoisotopic (exact) mass is 218 g/mol. The van der Waals surface area contributed by atoms with E-state index in [0.717, 1.165) is 30.7 Å². The van der Waals surface area contributed by atoms with E-state index in [9.17, 15) is 0 Å². The smallest absolute Gasteiger partial charge is 0.181 e. The lowest BCUT2D eigenvalue weighted by Gasteiger charge is -2.40. The second-order valence-corrected chi connectivity index (χ2v) is 4.53. The van der Waals surface area contributed by atoms with Crippen molar-refractivity contribution in [3.05, 3.63) is 30.2 Å². The van der Waals surface area contributed by atoms with E-state index in [1.165, 1.54) is 12.0 Å². The molecule has 3 rings (SSSR count). The van der Waals surface area contributed by atoms with Crippen LogP contribution in [0.1, 0.15) is 5.56 Å². The molecule has 4 heteroatoms. The third-order valence-corrected chi connectivity index (χ3v) is 3.22. The van der Waals surface area contributed by atoms with Crippen LogP contribution < -0.4 is 5.73 Å². The fraction of sp³-hybridized carbons (Fsp3) is 0.417. The minimum atomic E-state index is 0.133. The largest absolute Gasteiger partial charge is 0.443 e. The van der Waals surface area contributed by atoms with Crippen LogP contribution >= 0.6 is 0 Å². The fourth-order valence-corrected chi connectivity index (χ4v) is 2.13. The van der Waals surface area contributed by atoms with E-state index < -0.39 is 0 Å². The molecule has 1 aromatic heterocycles. The molecule has 1 saturated heterocycles. The molecule has 0 saturated carbocycles. The summed E-state index contributed by atoms with van der Waals surface area (Å²) in [5, 5.41) is 0. The number of nitrogens with zero attached hydrogens (tertiary/aromatic N) is 1. The molecule has 16 heavy (non-hydrogen) atoms. The lowest BCUT2D eigenvalue weighted by atomic mass is 9.80. The van der Waals surface area contributed by atoms with Gasteiger partial charge in [0.1, 0.15) is 5.52 Å². The van der Waals surface area contributed by atoms with Crippen LogP contribution in [0.2, 0.25) is 0 Å². The Kier molecular flexibility index (Phi) is 2.19. The van der Waals surface area contributed by atoms with Gasteiger partial charge in [0.2, 0.25) is 0 Å². The fourth-order valence-electron chi connectivity index (χ4n) is 2.13. The molecule has 2 N–H and O–H groups in total. The first-order chi connectivity index (χ1) is 7.81. The topological polar surface area (TPSA) is 61.3 Å². The Morgan fingerprint density at radius 1 is 1.38 bits per heavy atom. The first-order valence-corrected chi connectivity index (χ1v) is 5.41. The van der Waals surface area contributed by atoms with E-state index in [-0.39, 0.29) is 5.41 Å². The highest BCUT2D eigenvalue weighted by Crippen LogP contribution is 2.31. The number of benzene rings is 1. The predicted molar refractivity (Wildman–Crippen MR) is 60.0 cm³/mol. The zero-order valence-corrected chi connectivity index (χ0v) is 8.98. The third-order valence-electron chi connectivity index (χ3n) is 3.22. The molecule has 0 bridgehead atoms. The minimum absolute atomic E-state index is 0.133. The van der Waals surface area contributed by atoms with Crippen LogP contribution in [0.15, 0.2) is 29.0 Å². The molecule has 1 aromatic carbocycles. The molecule has 0 amide bonds. The number of oxazole rings is 1. The van der Waals surface area contributed by atoms with E-state index in [1.807, 2.05) is 12.1 Å².